The van der Waals surface area contributed by atoms with Gasteiger partial charge in [0.15, 0.2) is 0 Å². The van der Waals surface area contributed by atoms with Crippen molar-refractivity contribution in [1.29, 1.82) is 0 Å². The smallest absolute Gasteiger partial charge is 0.146 e. The van der Waals surface area contributed by atoms with Gasteiger partial charge in [0.25, 0.3) is 0 Å². The topological polar surface area (TPSA) is 157 Å². The van der Waals surface area contributed by atoms with Crippen molar-refractivity contribution in [2.75, 3.05) is 11.5 Å². The standard InChI is InChI=1S/C50H46N6O6/c51-33-13-1-7-19-39(33)57-45-25-27-47-49(61-43-23-11-5-17-37(43)55-31-53-35-15-3-9-21-41(35)59-47)29-30-50-48(28-26-46(45)58-40-20-8-2-14-34(40)52)60-42-22-10-4-16-36(42)54-32-56-38-18-6-12-24-44(38)62-50/h1-24,45-50H,25-30,51-52H2. The first-order valence-corrected chi connectivity index (χ1v) is 20.9. The molecule has 1 fully saturated rings. The van der Waals surface area contributed by atoms with E-state index in [-0.39, 0.29) is 0 Å². The Bertz CT molecular complexity index is 2460. The second-order valence-electron chi connectivity index (χ2n) is 15.3. The molecule has 6 atom stereocenters. The number of hydrogen-bond donors (Lipinski definition) is 2. The number of anilines is 2. The van der Waals surface area contributed by atoms with Crippen LogP contribution in [0.2, 0.25) is 0 Å². The zero-order chi connectivity index (χ0) is 42.1. The zero-order valence-corrected chi connectivity index (χ0v) is 34.0. The number of hydrogen-bond acceptors (Lipinski definition) is 12. The summed E-state index contributed by atoms with van der Waals surface area (Å²) in [6.07, 6.45) is -0.322. The SMILES string of the molecule is Nc1ccccc1OC1CCC2Oc3ccccc3N=C=Nc3ccccc3OC2CCC2Oc3ccccc3N=C=Nc3ccccc3OC2CCC1Oc1ccccc1N. The predicted octanol–water partition coefficient (Wildman–Crippen LogP) is 11.1. The fourth-order valence-electron chi connectivity index (χ4n) is 7.93. The van der Waals surface area contributed by atoms with Crippen LogP contribution < -0.4 is 39.9 Å². The van der Waals surface area contributed by atoms with E-state index in [4.69, 9.17) is 39.9 Å². The lowest BCUT2D eigenvalue weighted by atomic mass is 9.91. The van der Waals surface area contributed by atoms with Crippen LogP contribution in [0.4, 0.5) is 34.1 Å². The van der Waals surface area contributed by atoms with Crippen LogP contribution in [0.5, 0.6) is 34.5 Å². The van der Waals surface area contributed by atoms with Crippen LogP contribution in [-0.4, -0.2) is 48.6 Å². The molecule has 0 radical (unpaired) electrons. The van der Waals surface area contributed by atoms with Crippen molar-refractivity contribution < 1.29 is 28.4 Å². The lowest BCUT2D eigenvalue weighted by molar-refractivity contribution is -0.0189. The monoisotopic (exact) mass is 826 g/mol. The van der Waals surface area contributed by atoms with Gasteiger partial charge in [-0.15, -0.1) is 0 Å². The largest absolute Gasteiger partial charge is 0.484 e. The van der Waals surface area contributed by atoms with Gasteiger partial charge in [0.05, 0.1) is 11.4 Å². The van der Waals surface area contributed by atoms with Crippen LogP contribution >= 0.6 is 0 Å². The Balaban J connectivity index is 1.20. The number of nitrogens with two attached hydrogens (primary N) is 2. The lowest BCUT2D eigenvalue weighted by Gasteiger charge is -2.36. The van der Waals surface area contributed by atoms with Crippen molar-refractivity contribution >= 4 is 46.1 Å². The first-order valence-electron chi connectivity index (χ1n) is 20.9. The highest BCUT2D eigenvalue weighted by Gasteiger charge is 2.38. The highest BCUT2D eigenvalue weighted by molar-refractivity contribution is 5.66. The summed E-state index contributed by atoms with van der Waals surface area (Å²) in [4.78, 5) is 18.4. The zero-order valence-electron chi connectivity index (χ0n) is 34.0. The maximum absolute atomic E-state index is 7.04. The third kappa shape index (κ3) is 9.42. The number of nitrogen functional groups attached to an aromatic ring is 2. The van der Waals surface area contributed by atoms with Crippen molar-refractivity contribution in [3.8, 4) is 34.5 Å². The molecule has 2 heterocycles. The van der Waals surface area contributed by atoms with E-state index in [1.165, 1.54) is 0 Å². The molecule has 12 heteroatoms. The Morgan fingerprint density at radius 1 is 0.371 bits per heavy atom. The van der Waals surface area contributed by atoms with Gasteiger partial charge in [-0.2, -0.15) is 20.0 Å². The summed E-state index contributed by atoms with van der Waals surface area (Å²) in [6.45, 7) is 0. The fraction of sp³-hybridized carbons (Fsp3) is 0.240. The van der Waals surface area contributed by atoms with Crippen molar-refractivity contribution in [2.24, 2.45) is 20.0 Å². The average Bonchev–Trinajstić information content (AvgIpc) is 3.34. The molecule has 0 spiro atoms. The predicted molar refractivity (Wildman–Crippen MR) is 240 cm³/mol. The van der Waals surface area contributed by atoms with Crippen LogP contribution in [0.1, 0.15) is 38.5 Å². The minimum absolute atomic E-state index is 0.480. The fourth-order valence-corrected chi connectivity index (χ4v) is 7.93. The summed E-state index contributed by atoms with van der Waals surface area (Å²) in [5.74, 6) is 3.35. The third-order valence-corrected chi connectivity index (χ3v) is 11.1. The molecule has 312 valence electrons. The summed E-state index contributed by atoms with van der Waals surface area (Å²) in [5, 5.41) is 0. The Labute approximate surface area is 360 Å². The minimum atomic E-state index is -0.557. The van der Waals surface area contributed by atoms with Crippen molar-refractivity contribution in [3.63, 3.8) is 0 Å². The number of aliphatic imine (C=N–C) groups is 4. The maximum Gasteiger partial charge on any atom is 0.146 e. The number of fused-ring (bicyclic) bond motifs is 6. The molecule has 6 unspecified atom stereocenters. The molecule has 9 rings (SSSR count). The van der Waals surface area contributed by atoms with Gasteiger partial charge >= 0.3 is 0 Å². The first-order chi connectivity index (χ1) is 30.5. The van der Waals surface area contributed by atoms with Crippen LogP contribution in [-0.2, 0) is 0 Å². The normalized spacial score (nSPS) is 22.0. The molecule has 1 aliphatic carbocycles. The van der Waals surface area contributed by atoms with Crippen LogP contribution in [0.3, 0.4) is 0 Å². The van der Waals surface area contributed by atoms with E-state index in [1.807, 2.05) is 146 Å². The number of ether oxygens (including phenoxy) is 6. The van der Waals surface area contributed by atoms with Gasteiger partial charge in [-0.1, -0.05) is 72.8 Å². The van der Waals surface area contributed by atoms with E-state index in [0.717, 1.165) is 0 Å². The van der Waals surface area contributed by atoms with Crippen molar-refractivity contribution in [2.45, 2.75) is 75.1 Å². The van der Waals surface area contributed by atoms with E-state index in [1.54, 1.807) is 0 Å². The summed E-state index contributed by atoms with van der Waals surface area (Å²) in [7, 11) is 0. The van der Waals surface area contributed by atoms with Crippen LogP contribution in [0.25, 0.3) is 0 Å². The molecule has 2 aliphatic heterocycles. The van der Waals surface area contributed by atoms with Gasteiger partial charge in [0.1, 0.15) is 106 Å². The van der Waals surface area contributed by atoms with Gasteiger partial charge in [0.2, 0.25) is 0 Å². The molecule has 12 nitrogen and oxygen atoms in total. The molecule has 4 N–H and O–H groups in total. The quantitative estimate of drug-likeness (QED) is 0.166. The van der Waals surface area contributed by atoms with E-state index in [0.29, 0.717) is 107 Å². The van der Waals surface area contributed by atoms with Gasteiger partial charge in [-0.3, -0.25) is 0 Å². The number of rotatable bonds is 4. The maximum atomic E-state index is 7.04. The first kappa shape index (κ1) is 39.9. The summed E-state index contributed by atoms with van der Waals surface area (Å²) in [5.41, 5.74) is 16.5. The summed E-state index contributed by atoms with van der Waals surface area (Å²) >= 11 is 0. The molecule has 0 saturated heterocycles. The summed E-state index contributed by atoms with van der Waals surface area (Å²) in [6, 6.07) is 51.1. The van der Waals surface area contributed by atoms with E-state index in [9.17, 15) is 0 Å². The second-order valence-corrected chi connectivity index (χ2v) is 15.3. The van der Waals surface area contributed by atoms with Crippen LogP contribution in [0, 0.1) is 0 Å². The minimum Gasteiger partial charge on any atom is -0.484 e. The molecule has 0 aromatic heterocycles. The van der Waals surface area contributed by atoms with Crippen molar-refractivity contribution in [3.05, 3.63) is 146 Å². The summed E-state index contributed by atoms with van der Waals surface area (Å²) < 4.78 is 42.0. The average molecular weight is 827 g/mol. The highest BCUT2D eigenvalue weighted by atomic mass is 16.6. The Kier molecular flexibility index (Phi) is 12.1. The highest BCUT2D eigenvalue weighted by Crippen LogP contribution is 2.39. The second kappa shape index (κ2) is 18.8. The number of nitrogens with zero attached hydrogens (tertiary/aromatic N) is 4. The Morgan fingerprint density at radius 3 is 0.968 bits per heavy atom. The van der Waals surface area contributed by atoms with Gasteiger partial charge in [0, 0.05) is 0 Å². The third-order valence-electron chi connectivity index (χ3n) is 11.1. The van der Waals surface area contributed by atoms with E-state index < -0.39 is 36.6 Å². The molecule has 0 amide bonds. The molecular weight excluding hydrogens is 781 g/mol. The molecular formula is C50H46N6O6. The van der Waals surface area contributed by atoms with Gasteiger partial charge < -0.3 is 39.9 Å². The Hall–Kier alpha value is -7.52. The number of para-hydroxylation sites is 12. The van der Waals surface area contributed by atoms with E-state index in [2.05, 4.69) is 32.0 Å². The molecule has 6 aromatic rings. The van der Waals surface area contributed by atoms with E-state index >= 15 is 0 Å². The molecule has 1 saturated carbocycles. The molecule has 3 aliphatic rings. The molecule has 62 heavy (non-hydrogen) atoms. The molecule has 6 aromatic carbocycles. The van der Waals surface area contributed by atoms with Gasteiger partial charge in [-0.25, -0.2) is 0 Å². The number of benzene rings is 6. The molecule has 0 bridgehead atoms. The lowest BCUT2D eigenvalue weighted by Crippen LogP contribution is -2.45. The Morgan fingerprint density at radius 2 is 0.645 bits per heavy atom. The van der Waals surface area contributed by atoms with Crippen molar-refractivity contribution in [1.82, 2.24) is 0 Å². The van der Waals surface area contributed by atoms with Gasteiger partial charge in [-0.05, 0) is 111 Å². The van der Waals surface area contributed by atoms with Crippen LogP contribution in [0.15, 0.2) is 166 Å².